The first-order valence-corrected chi connectivity index (χ1v) is 9.26. The molecule has 2 aromatic carbocycles. The largest absolute Gasteiger partial charge is 0.341 e. The Bertz CT molecular complexity index is 713. The summed E-state index contributed by atoms with van der Waals surface area (Å²) in [6.07, 6.45) is 0. The average Bonchev–Trinajstić information content (AvgIpc) is 2.60. The van der Waals surface area contributed by atoms with Crippen molar-refractivity contribution in [2.24, 2.45) is 0 Å². The Balaban J connectivity index is 2.90. The van der Waals surface area contributed by atoms with Crippen LogP contribution >= 0.6 is 0 Å². The summed E-state index contributed by atoms with van der Waals surface area (Å²) < 4.78 is 0. The van der Waals surface area contributed by atoms with E-state index in [-0.39, 0.29) is 0 Å². The third kappa shape index (κ3) is 2.88. The van der Waals surface area contributed by atoms with Crippen LogP contribution in [0.25, 0.3) is 0 Å². The highest BCUT2D eigenvalue weighted by Gasteiger charge is 2.22. The van der Waals surface area contributed by atoms with Gasteiger partial charge >= 0.3 is 0 Å². The van der Waals surface area contributed by atoms with E-state index in [2.05, 4.69) is 81.1 Å². The van der Waals surface area contributed by atoms with Crippen LogP contribution in [0.4, 0.5) is 11.4 Å². The monoisotopic (exact) mass is 336 g/mol. The smallest absolute Gasteiger partial charge is 0.0475 e. The van der Waals surface area contributed by atoms with Crippen LogP contribution in [0, 0.1) is 76.2 Å². The molecule has 0 saturated heterocycles. The SMILES string of the molecule is [CH2]CN(c1c(C)c(C)c(C)c(C)c1C)c1c(C)c(C)c(C)c(C)c1C. The lowest BCUT2D eigenvalue weighted by Crippen LogP contribution is -2.23. The van der Waals surface area contributed by atoms with Crippen molar-refractivity contribution in [3.8, 4) is 0 Å². The molecule has 0 bridgehead atoms. The van der Waals surface area contributed by atoms with Gasteiger partial charge in [0.2, 0.25) is 0 Å². The lowest BCUT2D eigenvalue weighted by Gasteiger charge is -2.34. The Kier molecular flexibility index (Phi) is 5.37. The number of nitrogens with zero attached hydrogens (tertiary/aromatic N) is 1. The Morgan fingerprint density at radius 1 is 0.440 bits per heavy atom. The predicted molar refractivity (Wildman–Crippen MR) is 113 cm³/mol. The maximum atomic E-state index is 4.29. The second-order valence-electron chi connectivity index (χ2n) is 7.60. The first-order chi connectivity index (χ1) is 11.6. The fourth-order valence-electron chi connectivity index (χ4n) is 4.11. The van der Waals surface area contributed by atoms with E-state index >= 15 is 0 Å². The van der Waals surface area contributed by atoms with Gasteiger partial charge in [-0.3, -0.25) is 0 Å². The Morgan fingerprint density at radius 2 is 0.640 bits per heavy atom. The Hall–Kier alpha value is -1.76. The molecular formula is C24H34N. The molecule has 0 unspecified atom stereocenters. The van der Waals surface area contributed by atoms with Crippen molar-refractivity contribution in [2.75, 3.05) is 11.4 Å². The Labute approximate surface area is 155 Å². The van der Waals surface area contributed by atoms with E-state index in [1.165, 1.54) is 67.0 Å². The van der Waals surface area contributed by atoms with E-state index < -0.39 is 0 Å². The van der Waals surface area contributed by atoms with Crippen LogP contribution in [-0.4, -0.2) is 6.54 Å². The molecule has 25 heavy (non-hydrogen) atoms. The van der Waals surface area contributed by atoms with E-state index in [1.54, 1.807) is 0 Å². The number of rotatable bonds is 3. The Morgan fingerprint density at radius 3 is 0.840 bits per heavy atom. The van der Waals surface area contributed by atoms with E-state index in [9.17, 15) is 0 Å². The summed E-state index contributed by atoms with van der Waals surface area (Å²) in [5, 5.41) is 0. The highest BCUT2D eigenvalue weighted by atomic mass is 15.1. The summed E-state index contributed by atoms with van der Waals surface area (Å²) in [6.45, 7) is 27.5. The zero-order valence-corrected chi connectivity index (χ0v) is 17.9. The summed E-state index contributed by atoms with van der Waals surface area (Å²) in [4.78, 5) is 2.44. The molecule has 0 fully saturated rings. The van der Waals surface area contributed by atoms with Crippen molar-refractivity contribution in [3.05, 3.63) is 62.6 Å². The first-order valence-electron chi connectivity index (χ1n) is 9.26. The predicted octanol–water partition coefficient (Wildman–Crippen LogP) is 6.74. The molecule has 0 aromatic heterocycles. The molecule has 0 aliphatic carbocycles. The first kappa shape index (κ1) is 19.6. The molecule has 0 heterocycles. The molecule has 0 atom stereocenters. The molecule has 0 saturated carbocycles. The molecule has 0 spiro atoms. The average molecular weight is 337 g/mol. The molecule has 0 aliphatic heterocycles. The molecule has 1 heteroatoms. The summed E-state index contributed by atoms with van der Waals surface area (Å²) in [6, 6.07) is 0. The highest BCUT2D eigenvalue weighted by Crippen LogP contribution is 2.41. The third-order valence-electron chi connectivity index (χ3n) is 6.68. The second kappa shape index (κ2) is 6.86. The molecule has 0 N–H and O–H groups in total. The normalized spacial score (nSPS) is 11.2. The van der Waals surface area contributed by atoms with Crippen LogP contribution in [-0.2, 0) is 0 Å². The van der Waals surface area contributed by atoms with E-state index in [0.717, 1.165) is 6.54 Å². The molecule has 0 aliphatic rings. The lowest BCUT2D eigenvalue weighted by atomic mass is 9.89. The minimum absolute atomic E-state index is 0.729. The van der Waals surface area contributed by atoms with Crippen molar-refractivity contribution < 1.29 is 0 Å². The molecular weight excluding hydrogens is 302 g/mol. The van der Waals surface area contributed by atoms with Crippen LogP contribution in [0.2, 0.25) is 0 Å². The third-order valence-corrected chi connectivity index (χ3v) is 6.68. The van der Waals surface area contributed by atoms with Gasteiger partial charge in [0.1, 0.15) is 0 Å². The number of anilines is 2. The molecule has 2 aromatic rings. The van der Waals surface area contributed by atoms with Gasteiger partial charge in [-0.25, -0.2) is 0 Å². The van der Waals surface area contributed by atoms with Crippen molar-refractivity contribution in [3.63, 3.8) is 0 Å². The van der Waals surface area contributed by atoms with E-state index in [0.29, 0.717) is 0 Å². The number of benzene rings is 2. The summed E-state index contributed by atoms with van der Waals surface area (Å²) in [5.41, 5.74) is 16.6. The van der Waals surface area contributed by atoms with Crippen molar-refractivity contribution in [1.29, 1.82) is 0 Å². The van der Waals surface area contributed by atoms with Crippen LogP contribution in [0.3, 0.4) is 0 Å². The zero-order chi connectivity index (χ0) is 19.2. The molecule has 1 radical (unpaired) electrons. The van der Waals surface area contributed by atoms with Gasteiger partial charge in [0.05, 0.1) is 0 Å². The van der Waals surface area contributed by atoms with Crippen LogP contribution in [0.15, 0.2) is 0 Å². The van der Waals surface area contributed by atoms with Crippen molar-refractivity contribution >= 4 is 11.4 Å². The van der Waals surface area contributed by atoms with Crippen LogP contribution in [0.1, 0.15) is 55.6 Å². The fourth-order valence-corrected chi connectivity index (χ4v) is 4.11. The topological polar surface area (TPSA) is 3.24 Å². The minimum atomic E-state index is 0.729. The van der Waals surface area contributed by atoms with Gasteiger partial charge in [-0.2, -0.15) is 0 Å². The van der Waals surface area contributed by atoms with Gasteiger partial charge in [0, 0.05) is 17.9 Å². The number of hydrogen-bond acceptors (Lipinski definition) is 1. The van der Waals surface area contributed by atoms with Gasteiger partial charge in [-0.15, -0.1) is 0 Å². The second-order valence-corrected chi connectivity index (χ2v) is 7.60. The van der Waals surface area contributed by atoms with Crippen molar-refractivity contribution in [2.45, 2.75) is 69.2 Å². The molecule has 1 nitrogen and oxygen atoms in total. The van der Waals surface area contributed by atoms with Crippen LogP contribution < -0.4 is 4.90 Å². The quantitative estimate of drug-likeness (QED) is 0.599. The summed E-state index contributed by atoms with van der Waals surface area (Å²) >= 11 is 0. The molecule has 0 amide bonds. The highest BCUT2D eigenvalue weighted by molar-refractivity contribution is 5.78. The van der Waals surface area contributed by atoms with Gasteiger partial charge in [-0.1, -0.05) is 0 Å². The van der Waals surface area contributed by atoms with Gasteiger partial charge in [0.25, 0.3) is 0 Å². The van der Waals surface area contributed by atoms with E-state index in [1.807, 2.05) is 0 Å². The maximum Gasteiger partial charge on any atom is 0.0475 e. The number of hydrogen-bond donors (Lipinski definition) is 0. The summed E-state index contributed by atoms with van der Waals surface area (Å²) in [7, 11) is 0. The minimum Gasteiger partial charge on any atom is -0.341 e. The zero-order valence-electron chi connectivity index (χ0n) is 17.9. The van der Waals surface area contributed by atoms with Crippen LogP contribution in [0.5, 0.6) is 0 Å². The van der Waals surface area contributed by atoms with Gasteiger partial charge < -0.3 is 4.90 Å². The summed E-state index contributed by atoms with van der Waals surface area (Å²) in [5.74, 6) is 0. The standard InChI is InChI=1S/C24H34N/c1-12-25(23-19(8)15(4)13(2)16(5)20(23)9)24-21(10)17(6)14(3)18(7)22(24)11/h1,12H2,2-11H3. The molecule has 2 rings (SSSR count). The van der Waals surface area contributed by atoms with Crippen molar-refractivity contribution in [1.82, 2.24) is 0 Å². The lowest BCUT2D eigenvalue weighted by molar-refractivity contribution is 1.01. The van der Waals surface area contributed by atoms with Gasteiger partial charge in [0.15, 0.2) is 0 Å². The van der Waals surface area contributed by atoms with Gasteiger partial charge in [-0.05, 0) is 132 Å². The maximum absolute atomic E-state index is 4.29. The van der Waals surface area contributed by atoms with E-state index in [4.69, 9.17) is 0 Å². The fraction of sp³-hybridized carbons (Fsp3) is 0.458. The molecule has 135 valence electrons.